The molecule has 0 saturated heterocycles. The first-order chi connectivity index (χ1) is 13.0. The summed E-state index contributed by atoms with van der Waals surface area (Å²) in [5, 5.41) is 3.42. The van der Waals surface area contributed by atoms with Gasteiger partial charge in [-0.3, -0.25) is 4.79 Å². The van der Waals surface area contributed by atoms with Crippen LogP contribution < -0.4 is 10.1 Å². The molecule has 1 aromatic rings. The Balaban J connectivity index is 2.03. The first-order valence-corrected chi connectivity index (χ1v) is 9.37. The van der Waals surface area contributed by atoms with Gasteiger partial charge >= 0.3 is 0 Å². The summed E-state index contributed by atoms with van der Waals surface area (Å²) in [7, 11) is 0. The molecule has 0 bridgehead atoms. The summed E-state index contributed by atoms with van der Waals surface area (Å²) < 4.78 is 16.1. The van der Waals surface area contributed by atoms with Crippen molar-refractivity contribution in [3.63, 3.8) is 0 Å². The van der Waals surface area contributed by atoms with Gasteiger partial charge in [0.25, 0.3) is 5.91 Å². The second-order valence-electron chi connectivity index (χ2n) is 6.44. The van der Waals surface area contributed by atoms with Crippen LogP contribution in [0, 0.1) is 5.92 Å². The molecule has 1 aliphatic rings. The number of carbonyl (C=O) groups excluding carboxylic acids is 1. The molecule has 0 aliphatic carbocycles. The molecule has 0 saturated carbocycles. The Kier molecular flexibility index (Phi) is 8.27. The summed E-state index contributed by atoms with van der Waals surface area (Å²) in [6, 6.07) is 5.64. The van der Waals surface area contributed by atoms with E-state index < -0.39 is 6.10 Å². The monoisotopic (exact) mass is 391 g/mol. The fraction of sp³-hybridized carbons (Fsp3) is 0.381. The third-order valence-corrected chi connectivity index (χ3v) is 4.28. The maximum atomic E-state index is 12.7. The molecule has 1 aliphatic heterocycles. The van der Waals surface area contributed by atoms with Gasteiger partial charge in [-0.25, -0.2) is 0 Å². The molecule has 1 N–H and O–H groups in total. The van der Waals surface area contributed by atoms with Crippen LogP contribution in [0.3, 0.4) is 0 Å². The second kappa shape index (κ2) is 10.7. The molecular weight excluding hydrogens is 366 g/mol. The third-order valence-electron chi connectivity index (χ3n) is 3.99. The minimum absolute atomic E-state index is 0.0198. The van der Waals surface area contributed by atoms with Gasteiger partial charge in [-0.2, -0.15) is 0 Å². The van der Waals surface area contributed by atoms with Crippen LogP contribution in [0.4, 0.5) is 0 Å². The first kappa shape index (κ1) is 20.9. The van der Waals surface area contributed by atoms with Gasteiger partial charge < -0.3 is 19.5 Å². The molecule has 0 spiro atoms. The highest BCUT2D eigenvalue weighted by Gasteiger charge is 2.25. The number of rotatable bonds is 7. The van der Waals surface area contributed by atoms with Crippen molar-refractivity contribution in [3.05, 3.63) is 65.1 Å². The van der Waals surface area contributed by atoms with Crippen LogP contribution in [0.1, 0.15) is 26.3 Å². The van der Waals surface area contributed by atoms with Crippen molar-refractivity contribution in [2.24, 2.45) is 5.92 Å². The van der Waals surface area contributed by atoms with E-state index in [1.54, 1.807) is 12.2 Å². The highest BCUT2D eigenvalue weighted by atomic mass is 35.5. The van der Waals surface area contributed by atoms with E-state index in [1.165, 1.54) is 12.5 Å². The minimum Gasteiger partial charge on any atom is -0.479 e. The zero-order valence-electron chi connectivity index (χ0n) is 15.9. The van der Waals surface area contributed by atoms with Crippen molar-refractivity contribution in [2.45, 2.75) is 33.3 Å². The molecule has 0 radical (unpaired) electrons. The molecule has 6 heteroatoms. The van der Waals surface area contributed by atoms with E-state index >= 15 is 0 Å². The van der Waals surface area contributed by atoms with Crippen molar-refractivity contribution < 1.29 is 19.0 Å². The lowest BCUT2D eigenvalue weighted by atomic mass is 10.1. The Morgan fingerprint density at radius 1 is 1.30 bits per heavy atom. The maximum absolute atomic E-state index is 12.7. The number of amides is 1. The van der Waals surface area contributed by atoms with Crippen LogP contribution in [-0.2, 0) is 20.7 Å². The molecule has 2 rings (SSSR count). The SMILES string of the molecule is CCc1ccc(OC(C(=O)NCC2=C/C=C/OCO\C=C\2)C(C)C)c(Cl)c1. The van der Waals surface area contributed by atoms with Crippen molar-refractivity contribution in [1.29, 1.82) is 0 Å². The predicted octanol–water partition coefficient (Wildman–Crippen LogP) is 4.38. The maximum Gasteiger partial charge on any atom is 0.261 e. The number of benzene rings is 1. The van der Waals surface area contributed by atoms with E-state index in [1.807, 2.05) is 38.1 Å². The average molecular weight is 392 g/mol. The Labute approximate surface area is 165 Å². The van der Waals surface area contributed by atoms with Gasteiger partial charge in [0.15, 0.2) is 6.10 Å². The minimum atomic E-state index is -0.647. The molecule has 5 nitrogen and oxygen atoms in total. The topological polar surface area (TPSA) is 56.8 Å². The summed E-state index contributed by atoms with van der Waals surface area (Å²) in [5.41, 5.74) is 1.99. The van der Waals surface area contributed by atoms with Crippen molar-refractivity contribution >= 4 is 17.5 Å². The van der Waals surface area contributed by atoms with Crippen LogP contribution in [0.25, 0.3) is 0 Å². The first-order valence-electron chi connectivity index (χ1n) is 8.99. The van der Waals surface area contributed by atoms with Gasteiger partial charge in [-0.05, 0) is 47.8 Å². The summed E-state index contributed by atoms with van der Waals surface area (Å²) in [4.78, 5) is 12.7. The Bertz CT molecular complexity index is 725. The normalized spacial score (nSPS) is 19.2. The number of hydrogen-bond donors (Lipinski definition) is 1. The van der Waals surface area contributed by atoms with Crippen LogP contribution in [0.15, 0.2) is 54.5 Å². The van der Waals surface area contributed by atoms with Crippen molar-refractivity contribution in [2.75, 3.05) is 13.3 Å². The van der Waals surface area contributed by atoms with E-state index in [4.69, 9.17) is 25.8 Å². The fourth-order valence-electron chi connectivity index (χ4n) is 2.42. The largest absolute Gasteiger partial charge is 0.479 e. The molecule has 1 unspecified atom stereocenters. The van der Waals surface area contributed by atoms with Crippen LogP contribution in [0.5, 0.6) is 5.75 Å². The van der Waals surface area contributed by atoms with E-state index in [0.717, 1.165) is 17.6 Å². The Morgan fingerprint density at radius 2 is 2.07 bits per heavy atom. The number of aryl methyl sites for hydroxylation is 1. The quantitative estimate of drug-likeness (QED) is 0.749. The van der Waals surface area contributed by atoms with Gasteiger partial charge in [0.05, 0.1) is 17.5 Å². The number of nitrogens with one attached hydrogen (secondary N) is 1. The van der Waals surface area contributed by atoms with Gasteiger partial charge in [0.2, 0.25) is 6.79 Å². The molecule has 146 valence electrons. The molecule has 1 heterocycles. The average Bonchev–Trinajstić information content (AvgIpc) is 2.78. The summed E-state index contributed by atoms with van der Waals surface area (Å²) in [6.07, 6.45) is 8.70. The Hall–Kier alpha value is -2.40. The summed E-state index contributed by atoms with van der Waals surface area (Å²) in [6.45, 7) is 6.43. The third kappa shape index (κ3) is 6.68. The lowest BCUT2D eigenvalue weighted by molar-refractivity contribution is -0.129. The zero-order chi connectivity index (χ0) is 19.6. The molecule has 1 aromatic carbocycles. The van der Waals surface area contributed by atoms with Crippen molar-refractivity contribution in [1.82, 2.24) is 5.32 Å². The van der Waals surface area contributed by atoms with Crippen molar-refractivity contribution in [3.8, 4) is 5.75 Å². The summed E-state index contributed by atoms with van der Waals surface area (Å²) in [5.74, 6) is 0.294. The molecule has 0 fully saturated rings. The van der Waals surface area contributed by atoms with Crippen LogP contribution in [0.2, 0.25) is 5.02 Å². The smallest absolute Gasteiger partial charge is 0.261 e. The standard InChI is InChI=1S/C21H26ClNO4/c1-4-16-7-8-19(18(22)12-16)27-20(15(2)3)21(24)23-13-17-6-5-10-25-14-26-11-9-17/h5-12,15,20H,4,13-14H2,1-3H3,(H,23,24)/b10-5+,11-9+,17-6+. The summed E-state index contributed by atoms with van der Waals surface area (Å²) >= 11 is 6.30. The van der Waals surface area contributed by atoms with Gasteiger partial charge in [0, 0.05) is 6.54 Å². The van der Waals surface area contributed by atoms with E-state index in [2.05, 4.69) is 12.2 Å². The molecular formula is C21H26ClNO4. The number of hydrogen-bond acceptors (Lipinski definition) is 4. The molecule has 27 heavy (non-hydrogen) atoms. The molecule has 1 atom stereocenters. The lowest BCUT2D eigenvalue weighted by Crippen LogP contribution is -2.42. The van der Waals surface area contributed by atoms with Gasteiger partial charge in [-0.15, -0.1) is 0 Å². The lowest BCUT2D eigenvalue weighted by Gasteiger charge is -2.22. The highest BCUT2D eigenvalue weighted by molar-refractivity contribution is 6.32. The molecule has 1 amide bonds. The van der Waals surface area contributed by atoms with E-state index in [9.17, 15) is 4.79 Å². The number of allylic oxidation sites excluding steroid dienone is 2. The van der Waals surface area contributed by atoms with Crippen LogP contribution in [-0.4, -0.2) is 25.3 Å². The van der Waals surface area contributed by atoms with Gasteiger partial charge in [-0.1, -0.05) is 44.5 Å². The van der Waals surface area contributed by atoms with Gasteiger partial charge in [0.1, 0.15) is 5.75 Å². The zero-order valence-corrected chi connectivity index (χ0v) is 16.7. The number of carbonyl (C=O) groups is 1. The number of ether oxygens (including phenoxy) is 3. The van der Waals surface area contributed by atoms with Crippen LogP contribution >= 0.6 is 11.6 Å². The predicted molar refractivity (Wildman–Crippen MR) is 106 cm³/mol. The van der Waals surface area contributed by atoms with E-state index in [-0.39, 0.29) is 18.6 Å². The highest BCUT2D eigenvalue weighted by Crippen LogP contribution is 2.28. The number of halogens is 1. The van der Waals surface area contributed by atoms with E-state index in [0.29, 0.717) is 17.3 Å². The Morgan fingerprint density at radius 3 is 2.78 bits per heavy atom. The fourth-order valence-corrected chi connectivity index (χ4v) is 2.67. The molecule has 0 aromatic heterocycles. The second-order valence-corrected chi connectivity index (χ2v) is 6.85.